The summed E-state index contributed by atoms with van der Waals surface area (Å²) in [7, 11) is -2.11. The second-order valence-corrected chi connectivity index (χ2v) is 10.6. The topological polar surface area (TPSA) is 75.7 Å². The van der Waals surface area contributed by atoms with E-state index >= 15 is 0 Å². The Morgan fingerprint density at radius 2 is 1.65 bits per heavy atom. The van der Waals surface area contributed by atoms with E-state index in [0.717, 1.165) is 33.0 Å². The quantitative estimate of drug-likeness (QED) is 0.564. The van der Waals surface area contributed by atoms with Gasteiger partial charge in [-0.15, -0.1) is 0 Å². The van der Waals surface area contributed by atoms with Crippen LogP contribution in [0.15, 0.2) is 30.3 Å². The summed E-state index contributed by atoms with van der Waals surface area (Å²) in [6.45, 7) is 7.55. The summed E-state index contributed by atoms with van der Waals surface area (Å²) in [5, 5.41) is 3.45. The summed E-state index contributed by atoms with van der Waals surface area (Å²) in [6, 6.07) is 8.04. The van der Waals surface area contributed by atoms with E-state index in [9.17, 15) is 13.2 Å². The number of nitrogens with zero attached hydrogens (tertiary/aromatic N) is 1. The van der Waals surface area contributed by atoms with Gasteiger partial charge in [0, 0.05) is 10.0 Å². The molecule has 0 aliphatic rings. The molecule has 0 heterocycles. The Morgan fingerprint density at radius 3 is 2.13 bits per heavy atom. The van der Waals surface area contributed by atoms with Crippen molar-refractivity contribution in [3.63, 3.8) is 0 Å². The normalized spacial score (nSPS) is 12.5. The molecule has 1 amide bonds. The van der Waals surface area contributed by atoms with E-state index in [1.807, 2.05) is 26.0 Å². The van der Waals surface area contributed by atoms with Gasteiger partial charge in [0.05, 0.1) is 25.1 Å². The second kappa shape index (κ2) is 10.1. The third-order valence-corrected chi connectivity index (χ3v) is 6.48. The van der Waals surface area contributed by atoms with Gasteiger partial charge in [-0.1, -0.05) is 37.0 Å². The van der Waals surface area contributed by atoms with Gasteiger partial charge in [0.15, 0.2) is 0 Å². The predicted octanol–water partition coefficient (Wildman–Crippen LogP) is 5.08. The minimum Gasteiger partial charge on any atom is -0.496 e. The minimum absolute atomic E-state index is 0.227. The van der Waals surface area contributed by atoms with Crippen molar-refractivity contribution >= 4 is 44.8 Å². The molecule has 0 aromatic heterocycles. The highest BCUT2D eigenvalue weighted by Gasteiger charge is 2.23. The fraction of sp³-hybridized carbons (Fsp3) is 0.409. The lowest BCUT2D eigenvalue weighted by atomic mass is 9.93. The molecule has 9 heteroatoms. The number of carbonyl (C=O) groups excluding carboxylic acids is 1. The van der Waals surface area contributed by atoms with Crippen molar-refractivity contribution in [1.82, 2.24) is 5.32 Å². The van der Waals surface area contributed by atoms with E-state index in [-0.39, 0.29) is 27.7 Å². The van der Waals surface area contributed by atoms with Crippen molar-refractivity contribution in [3.8, 4) is 5.75 Å². The van der Waals surface area contributed by atoms with Crippen molar-refractivity contribution in [1.29, 1.82) is 0 Å². The van der Waals surface area contributed by atoms with Gasteiger partial charge in [-0.25, -0.2) is 8.42 Å². The standard InChI is InChI=1S/C22H28Cl2N2O4S/c1-13(2)19-11-20(14(3)7-21(19)30-5)15(4)25-22(27)12-26(31(6,28)29)18-9-16(23)8-17(24)10-18/h7-11,13,15H,12H2,1-6H3,(H,25,27)/t15-/m0/s1. The third kappa shape index (κ3) is 6.51. The summed E-state index contributed by atoms with van der Waals surface area (Å²) in [5.74, 6) is 0.594. The summed E-state index contributed by atoms with van der Waals surface area (Å²) < 4.78 is 31.1. The zero-order valence-corrected chi connectivity index (χ0v) is 20.8. The van der Waals surface area contributed by atoms with Crippen LogP contribution in [0, 0.1) is 6.92 Å². The van der Waals surface area contributed by atoms with Crippen LogP contribution in [-0.4, -0.2) is 34.2 Å². The van der Waals surface area contributed by atoms with Crippen molar-refractivity contribution in [3.05, 3.63) is 57.1 Å². The third-order valence-electron chi connectivity index (χ3n) is 4.91. The number of benzene rings is 2. The first-order valence-electron chi connectivity index (χ1n) is 9.75. The fourth-order valence-electron chi connectivity index (χ4n) is 3.39. The van der Waals surface area contributed by atoms with Crippen LogP contribution < -0.4 is 14.4 Å². The maximum Gasteiger partial charge on any atom is 0.241 e. The molecule has 6 nitrogen and oxygen atoms in total. The maximum absolute atomic E-state index is 12.8. The molecular weight excluding hydrogens is 459 g/mol. The van der Waals surface area contributed by atoms with Gasteiger partial charge < -0.3 is 10.1 Å². The van der Waals surface area contributed by atoms with E-state index in [0.29, 0.717) is 0 Å². The number of methoxy groups -OCH3 is 1. The Bertz CT molecular complexity index is 1050. The summed E-state index contributed by atoms with van der Waals surface area (Å²) in [5.41, 5.74) is 3.17. The first-order valence-corrected chi connectivity index (χ1v) is 12.4. The highest BCUT2D eigenvalue weighted by atomic mass is 35.5. The highest BCUT2D eigenvalue weighted by Crippen LogP contribution is 2.32. The van der Waals surface area contributed by atoms with Crippen LogP contribution in [-0.2, 0) is 14.8 Å². The van der Waals surface area contributed by atoms with Gasteiger partial charge in [-0.3, -0.25) is 9.10 Å². The Labute approximate surface area is 194 Å². The van der Waals surface area contributed by atoms with E-state index in [1.54, 1.807) is 7.11 Å². The molecule has 0 bridgehead atoms. The molecule has 2 aromatic carbocycles. The van der Waals surface area contributed by atoms with Crippen LogP contribution in [0.5, 0.6) is 5.75 Å². The molecule has 0 radical (unpaired) electrons. The number of nitrogens with one attached hydrogen (secondary N) is 1. The monoisotopic (exact) mass is 486 g/mol. The van der Waals surface area contributed by atoms with E-state index < -0.39 is 22.5 Å². The molecule has 31 heavy (non-hydrogen) atoms. The molecule has 2 rings (SSSR count). The van der Waals surface area contributed by atoms with E-state index in [1.165, 1.54) is 18.2 Å². The van der Waals surface area contributed by atoms with Crippen molar-refractivity contribution in [2.45, 2.75) is 39.7 Å². The van der Waals surface area contributed by atoms with Gasteiger partial charge in [0.2, 0.25) is 15.9 Å². The number of sulfonamides is 1. The minimum atomic E-state index is -3.74. The molecule has 1 atom stereocenters. The number of hydrogen-bond acceptors (Lipinski definition) is 4. The van der Waals surface area contributed by atoms with Gasteiger partial charge in [-0.05, 0) is 66.8 Å². The number of aryl methyl sites for hydroxylation is 1. The SMILES string of the molecule is COc1cc(C)c([C@H](C)NC(=O)CN(c2cc(Cl)cc(Cl)c2)S(C)(=O)=O)cc1C(C)C. The molecular formula is C22H28Cl2N2O4S. The number of anilines is 1. The van der Waals surface area contributed by atoms with Crippen LogP contribution in [0.2, 0.25) is 10.0 Å². The number of hydrogen-bond donors (Lipinski definition) is 1. The molecule has 0 saturated carbocycles. The van der Waals surface area contributed by atoms with Crippen LogP contribution in [0.1, 0.15) is 49.4 Å². The predicted molar refractivity (Wildman–Crippen MR) is 127 cm³/mol. The zero-order chi connectivity index (χ0) is 23.5. The summed E-state index contributed by atoms with van der Waals surface area (Å²) in [6.07, 6.45) is 1.03. The summed E-state index contributed by atoms with van der Waals surface area (Å²) in [4.78, 5) is 12.8. The highest BCUT2D eigenvalue weighted by molar-refractivity contribution is 7.92. The molecule has 170 valence electrons. The molecule has 1 N–H and O–H groups in total. The average Bonchev–Trinajstić information content (AvgIpc) is 2.63. The zero-order valence-electron chi connectivity index (χ0n) is 18.5. The molecule has 2 aromatic rings. The first kappa shape index (κ1) is 25.3. The fourth-order valence-corrected chi connectivity index (χ4v) is 4.74. The first-order chi connectivity index (χ1) is 14.3. The van der Waals surface area contributed by atoms with E-state index in [4.69, 9.17) is 27.9 Å². The maximum atomic E-state index is 12.8. The number of rotatable bonds is 8. The van der Waals surface area contributed by atoms with Crippen molar-refractivity contribution in [2.24, 2.45) is 0 Å². The largest absolute Gasteiger partial charge is 0.496 e. The molecule has 0 unspecified atom stereocenters. The number of carbonyl (C=O) groups is 1. The Morgan fingerprint density at radius 1 is 1.06 bits per heavy atom. The molecule has 0 aliphatic carbocycles. The molecule has 0 spiro atoms. The lowest BCUT2D eigenvalue weighted by Gasteiger charge is -2.25. The Balaban J connectivity index is 2.28. The Hall–Kier alpha value is -1.96. The van der Waals surface area contributed by atoms with Crippen molar-refractivity contribution < 1.29 is 17.9 Å². The van der Waals surface area contributed by atoms with Crippen molar-refractivity contribution in [2.75, 3.05) is 24.2 Å². The van der Waals surface area contributed by atoms with Gasteiger partial charge in [-0.2, -0.15) is 0 Å². The molecule has 0 aliphatic heterocycles. The van der Waals surface area contributed by atoms with Gasteiger partial charge in [0.25, 0.3) is 0 Å². The van der Waals surface area contributed by atoms with Crippen LogP contribution in [0.25, 0.3) is 0 Å². The lowest BCUT2D eigenvalue weighted by Crippen LogP contribution is -2.41. The van der Waals surface area contributed by atoms with E-state index in [2.05, 4.69) is 19.2 Å². The lowest BCUT2D eigenvalue weighted by molar-refractivity contribution is -0.120. The van der Waals surface area contributed by atoms with Crippen LogP contribution in [0.4, 0.5) is 5.69 Å². The Kier molecular flexibility index (Phi) is 8.25. The number of halogens is 2. The van der Waals surface area contributed by atoms with Crippen LogP contribution in [0.3, 0.4) is 0 Å². The summed E-state index contributed by atoms with van der Waals surface area (Å²) >= 11 is 12.0. The molecule has 0 fully saturated rings. The number of ether oxygens (including phenoxy) is 1. The number of amides is 1. The second-order valence-electron chi connectivity index (χ2n) is 7.79. The average molecular weight is 487 g/mol. The van der Waals surface area contributed by atoms with Gasteiger partial charge in [0.1, 0.15) is 12.3 Å². The smallest absolute Gasteiger partial charge is 0.241 e. The van der Waals surface area contributed by atoms with Crippen LogP contribution >= 0.6 is 23.2 Å². The molecule has 0 saturated heterocycles. The van der Waals surface area contributed by atoms with Gasteiger partial charge >= 0.3 is 0 Å².